The summed E-state index contributed by atoms with van der Waals surface area (Å²) in [7, 11) is 0. The Bertz CT molecular complexity index is 1420. The van der Waals surface area contributed by atoms with E-state index in [0.29, 0.717) is 21.8 Å². The Kier molecular flexibility index (Phi) is 4.40. The van der Waals surface area contributed by atoms with Crippen molar-refractivity contribution in [3.63, 3.8) is 0 Å². The monoisotopic (exact) mass is 421 g/mol. The fraction of sp³-hybridized carbons (Fsp3) is 0.0476. The van der Waals surface area contributed by atoms with Crippen LogP contribution in [0.4, 0.5) is 4.39 Å². The molecule has 5 aromatic rings. The quantitative estimate of drug-likeness (QED) is 0.437. The smallest absolute Gasteiger partial charge is 0.277 e. The van der Waals surface area contributed by atoms with Gasteiger partial charge in [0.25, 0.3) is 5.56 Å². The lowest BCUT2D eigenvalue weighted by atomic mass is 10.1. The molecule has 0 unspecified atom stereocenters. The maximum absolute atomic E-state index is 13.4. The van der Waals surface area contributed by atoms with Gasteiger partial charge in [-0.2, -0.15) is 10.1 Å². The summed E-state index contributed by atoms with van der Waals surface area (Å²) in [6.45, 7) is 0.0824. The Balaban J connectivity index is 1.46. The van der Waals surface area contributed by atoms with E-state index >= 15 is 0 Å². The average molecular weight is 422 g/mol. The zero-order valence-electron chi connectivity index (χ0n) is 15.4. The Morgan fingerprint density at radius 1 is 1.03 bits per heavy atom. The Labute approximate surface area is 174 Å². The normalized spacial score (nSPS) is 11.3. The van der Waals surface area contributed by atoms with E-state index in [1.165, 1.54) is 21.2 Å². The summed E-state index contributed by atoms with van der Waals surface area (Å²) >= 11 is 5.93. The zero-order chi connectivity index (χ0) is 20.7. The molecule has 148 valence electrons. The van der Waals surface area contributed by atoms with Gasteiger partial charge in [0.05, 0.1) is 5.69 Å². The topological polar surface area (TPSA) is 78.2 Å². The first kappa shape index (κ1) is 18.3. The van der Waals surface area contributed by atoms with Crippen molar-refractivity contribution in [3.05, 3.63) is 94.1 Å². The highest BCUT2D eigenvalue weighted by molar-refractivity contribution is 6.30. The summed E-state index contributed by atoms with van der Waals surface area (Å²) < 4.78 is 21.6. The molecule has 0 radical (unpaired) electrons. The van der Waals surface area contributed by atoms with Crippen LogP contribution < -0.4 is 5.56 Å². The Morgan fingerprint density at radius 2 is 1.87 bits per heavy atom. The molecule has 0 spiro atoms. The molecule has 3 aromatic heterocycles. The summed E-state index contributed by atoms with van der Waals surface area (Å²) in [6, 6.07) is 14.8. The first-order valence-corrected chi connectivity index (χ1v) is 9.38. The lowest BCUT2D eigenvalue weighted by Crippen LogP contribution is -2.21. The summed E-state index contributed by atoms with van der Waals surface area (Å²) in [5.74, 6) is 0.101. The van der Waals surface area contributed by atoms with E-state index in [-0.39, 0.29) is 23.8 Å². The molecule has 0 bridgehead atoms. The van der Waals surface area contributed by atoms with Gasteiger partial charge in [-0.05, 0) is 30.3 Å². The van der Waals surface area contributed by atoms with Crippen LogP contribution in [0.15, 0.2) is 76.3 Å². The molecule has 7 nitrogen and oxygen atoms in total. The van der Waals surface area contributed by atoms with Crippen LogP contribution in [-0.2, 0) is 6.54 Å². The van der Waals surface area contributed by atoms with Crippen LogP contribution in [0.5, 0.6) is 0 Å². The number of hydrogen-bond donors (Lipinski definition) is 0. The van der Waals surface area contributed by atoms with Crippen LogP contribution in [0.2, 0.25) is 5.02 Å². The highest BCUT2D eigenvalue weighted by Crippen LogP contribution is 2.21. The van der Waals surface area contributed by atoms with Gasteiger partial charge >= 0.3 is 0 Å². The first-order valence-electron chi connectivity index (χ1n) is 9.00. The molecule has 5 rings (SSSR count). The van der Waals surface area contributed by atoms with Crippen molar-refractivity contribution >= 4 is 17.1 Å². The summed E-state index contributed by atoms with van der Waals surface area (Å²) in [6.07, 6.45) is 3.28. The number of rotatable bonds is 4. The molecular weight excluding hydrogens is 409 g/mol. The number of halogens is 2. The number of aromatic nitrogens is 5. The van der Waals surface area contributed by atoms with Crippen molar-refractivity contribution in [1.82, 2.24) is 24.3 Å². The van der Waals surface area contributed by atoms with E-state index in [0.717, 1.165) is 5.56 Å². The van der Waals surface area contributed by atoms with Crippen LogP contribution in [0, 0.1) is 5.82 Å². The van der Waals surface area contributed by atoms with Gasteiger partial charge in [0.15, 0.2) is 0 Å². The highest BCUT2D eigenvalue weighted by atomic mass is 35.5. The van der Waals surface area contributed by atoms with Crippen LogP contribution in [0.3, 0.4) is 0 Å². The van der Waals surface area contributed by atoms with Crippen molar-refractivity contribution in [2.45, 2.75) is 6.54 Å². The van der Waals surface area contributed by atoms with E-state index in [1.54, 1.807) is 42.7 Å². The van der Waals surface area contributed by atoms with Crippen LogP contribution in [0.1, 0.15) is 5.89 Å². The largest absolute Gasteiger partial charge is 0.337 e. The molecule has 0 N–H and O–H groups in total. The Hall–Kier alpha value is -3.78. The molecule has 0 aliphatic heterocycles. The fourth-order valence-corrected chi connectivity index (χ4v) is 3.25. The minimum atomic E-state index is -0.391. The number of fused-ring (bicyclic) bond motifs is 1. The molecule has 0 fully saturated rings. The van der Waals surface area contributed by atoms with Gasteiger partial charge in [-0.25, -0.2) is 8.91 Å². The second-order valence-electron chi connectivity index (χ2n) is 6.62. The summed E-state index contributed by atoms with van der Waals surface area (Å²) in [5, 5.41) is 8.94. The molecule has 0 aliphatic rings. The molecule has 3 heterocycles. The van der Waals surface area contributed by atoms with Gasteiger partial charge in [-0.1, -0.05) is 41.0 Å². The van der Waals surface area contributed by atoms with E-state index in [9.17, 15) is 9.18 Å². The highest BCUT2D eigenvalue weighted by Gasteiger charge is 2.13. The third-order valence-electron chi connectivity index (χ3n) is 4.60. The van der Waals surface area contributed by atoms with Crippen molar-refractivity contribution in [3.8, 4) is 22.6 Å². The summed E-state index contributed by atoms with van der Waals surface area (Å²) in [4.78, 5) is 17.2. The van der Waals surface area contributed by atoms with E-state index in [4.69, 9.17) is 16.1 Å². The van der Waals surface area contributed by atoms with Crippen LogP contribution in [0.25, 0.3) is 28.2 Å². The maximum Gasteiger partial charge on any atom is 0.277 e. The van der Waals surface area contributed by atoms with Gasteiger partial charge in [0.2, 0.25) is 11.7 Å². The zero-order valence-corrected chi connectivity index (χ0v) is 16.1. The molecule has 0 saturated carbocycles. The van der Waals surface area contributed by atoms with Gasteiger partial charge in [-0.3, -0.25) is 4.79 Å². The van der Waals surface area contributed by atoms with Crippen molar-refractivity contribution < 1.29 is 8.91 Å². The molecule has 0 atom stereocenters. The minimum absolute atomic E-state index is 0.0824. The van der Waals surface area contributed by atoms with Crippen molar-refractivity contribution in [2.75, 3.05) is 0 Å². The molecule has 30 heavy (non-hydrogen) atoms. The molecule has 9 heteroatoms. The predicted octanol–water partition coefficient (Wildman–Crippen LogP) is 4.05. The van der Waals surface area contributed by atoms with Crippen molar-refractivity contribution in [2.24, 2.45) is 0 Å². The molecule has 0 saturated heterocycles. The van der Waals surface area contributed by atoms with E-state index < -0.39 is 5.82 Å². The second-order valence-corrected chi connectivity index (χ2v) is 7.06. The second kappa shape index (κ2) is 7.23. The van der Waals surface area contributed by atoms with E-state index in [1.807, 2.05) is 12.1 Å². The molecular formula is C21H13ClFN5O2. The summed E-state index contributed by atoms with van der Waals surface area (Å²) in [5.41, 5.74) is 2.16. The third-order valence-corrected chi connectivity index (χ3v) is 4.85. The third kappa shape index (κ3) is 3.37. The number of benzene rings is 2. The van der Waals surface area contributed by atoms with Gasteiger partial charge < -0.3 is 9.09 Å². The van der Waals surface area contributed by atoms with Gasteiger partial charge in [0, 0.05) is 28.5 Å². The van der Waals surface area contributed by atoms with Crippen LogP contribution in [-0.4, -0.2) is 24.3 Å². The lowest BCUT2D eigenvalue weighted by Gasteiger charge is -2.01. The maximum atomic E-state index is 13.4. The molecule has 0 amide bonds. The SMILES string of the molecule is O=c1c2cc(-c3ccc(Cl)cc3)nn2ccn1Cc1nc(-c2cccc(F)c2)no1. The van der Waals surface area contributed by atoms with Gasteiger partial charge in [-0.15, -0.1) is 0 Å². The average Bonchev–Trinajstić information content (AvgIpc) is 3.38. The van der Waals surface area contributed by atoms with Crippen LogP contribution >= 0.6 is 11.6 Å². The van der Waals surface area contributed by atoms with E-state index in [2.05, 4.69) is 15.2 Å². The lowest BCUT2D eigenvalue weighted by molar-refractivity contribution is 0.370. The minimum Gasteiger partial charge on any atom is -0.337 e. The standard InChI is InChI=1S/C21H13ClFN5O2/c22-15-6-4-13(5-7-15)17-11-18-21(29)27(8-9-28(18)25-17)12-19-24-20(26-30-19)14-2-1-3-16(23)10-14/h1-11H,12H2. The molecule has 0 aliphatic carbocycles. The number of hydrogen-bond acceptors (Lipinski definition) is 5. The predicted molar refractivity (Wildman–Crippen MR) is 109 cm³/mol. The molecule has 2 aromatic carbocycles. The first-order chi connectivity index (χ1) is 14.6. The van der Waals surface area contributed by atoms with Gasteiger partial charge in [0.1, 0.15) is 17.9 Å². The fourth-order valence-electron chi connectivity index (χ4n) is 3.12. The number of nitrogens with zero attached hydrogens (tertiary/aromatic N) is 5. The van der Waals surface area contributed by atoms with Crippen molar-refractivity contribution in [1.29, 1.82) is 0 Å². The Morgan fingerprint density at radius 3 is 2.67 bits per heavy atom.